The number of carbonyl (C=O) groups is 2. The quantitative estimate of drug-likeness (QED) is 0.517. The number of pyridine rings is 1. The molecule has 1 amide bonds. The predicted molar refractivity (Wildman–Crippen MR) is 142 cm³/mol. The van der Waals surface area contributed by atoms with Crippen LogP contribution < -0.4 is 9.80 Å². The molecule has 9 nitrogen and oxygen atoms in total. The summed E-state index contributed by atoms with van der Waals surface area (Å²) in [6.07, 6.45) is 2.57. The number of carboxylic acids is 1. The van der Waals surface area contributed by atoms with Gasteiger partial charge in [-0.15, -0.1) is 0 Å². The minimum Gasteiger partial charge on any atom is -0.478 e. The van der Waals surface area contributed by atoms with Gasteiger partial charge in [-0.1, -0.05) is 25.4 Å². The van der Waals surface area contributed by atoms with Crippen LogP contribution in [0.2, 0.25) is 5.02 Å². The van der Waals surface area contributed by atoms with Crippen molar-refractivity contribution < 1.29 is 19.1 Å². The molecule has 0 spiro atoms. The fraction of sp³-hybridized carbons (Fsp3) is 0.370. The van der Waals surface area contributed by atoms with Crippen LogP contribution in [0.5, 0.6) is 0 Å². The van der Waals surface area contributed by atoms with Gasteiger partial charge in [-0.05, 0) is 44.2 Å². The first-order valence-corrected chi connectivity index (χ1v) is 12.6. The molecular weight excluding hydrogens is 511 g/mol. The van der Waals surface area contributed by atoms with E-state index in [-0.39, 0.29) is 21.9 Å². The molecule has 3 aromatic rings. The molecule has 0 radical (unpaired) electrons. The van der Waals surface area contributed by atoms with Crippen molar-refractivity contribution in [1.82, 2.24) is 19.9 Å². The second kappa shape index (κ2) is 9.20. The molecule has 4 heterocycles. The highest BCUT2D eigenvalue weighted by Gasteiger charge is 2.41. The van der Waals surface area contributed by atoms with Crippen LogP contribution in [0.1, 0.15) is 54.2 Å². The third-order valence-corrected chi connectivity index (χ3v) is 7.41. The van der Waals surface area contributed by atoms with E-state index in [1.807, 2.05) is 29.7 Å². The van der Waals surface area contributed by atoms with Crippen LogP contribution in [0.4, 0.5) is 21.7 Å². The number of aromatic nitrogens is 3. The standard InChI is InChI=1S/C27H28ClFN6O3/c1-26(2)14-34(17-5-6-18(28)19(29)11-17)21-8-7-20(32-22(21)26)23(36)35-10-9-33(15-27(35,3)4)25-30-12-16(13-31-25)24(37)38/h5-8,11-13H,9-10,14-15H2,1-4H3,(H,37,38). The Kier molecular flexibility index (Phi) is 6.25. The van der Waals surface area contributed by atoms with E-state index in [2.05, 4.69) is 23.8 Å². The van der Waals surface area contributed by atoms with E-state index in [4.69, 9.17) is 21.7 Å². The summed E-state index contributed by atoms with van der Waals surface area (Å²) >= 11 is 5.88. The number of halogens is 2. The van der Waals surface area contributed by atoms with E-state index in [0.29, 0.717) is 43.5 Å². The number of carboxylic acid groups (broad SMARTS) is 1. The Morgan fingerprint density at radius 1 is 1.03 bits per heavy atom. The molecule has 2 aliphatic heterocycles. The molecule has 0 bridgehead atoms. The fourth-order valence-electron chi connectivity index (χ4n) is 5.16. The average Bonchev–Trinajstić information content (AvgIpc) is 3.15. The molecule has 38 heavy (non-hydrogen) atoms. The molecule has 0 unspecified atom stereocenters. The maximum absolute atomic E-state index is 14.2. The molecule has 1 fully saturated rings. The Balaban J connectivity index is 1.38. The van der Waals surface area contributed by atoms with Gasteiger partial charge in [0.2, 0.25) is 5.95 Å². The molecule has 1 N–H and O–H groups in total. The third kappa shape index (κ3) is 4.53. The summed E-state index contributed by atoms with van der Waals surface area (Å²) in [5.74, 6) is -1.32. The second-order valence-electron chi connectivity index (χ2n) is 10.9. The first-order valence-electron chi connectivity index (χ1n) is 12.2. The number of benzene rings is 1. The topological polar surface area (TPSA) is 103 Å². The number of fused-ring (bicyclic) bond motifs is 1. The van der Waals surface area contributed by atoms with Gasteiger partial charge in [-0.25, -0.2) is 24.1 Å². The van der Waals surface area contributed by atoms with Gasteiger partial charge in [0.1, 0.15) is 11.5 Å². The summed E-state index contributed by atoms with van der Waals surface area (Å²) < 4.78 is 14.2. The van der Waals surface area contributed by atoms with Gasteiger partial charge in [0.25, 0.3) is 5.91 Å². The number of nitrogens with zero attached hydrogens (tertiary/aromatic N) is 6. The monoisotopic (exact) mass is 538 g/mol. The van der Waals surface area contributed by atoms with Crippen LogP contribution in [-0.4, -0.2) is 68.6 Å². The molecule has 11 heteroatoms. The summed E-state index contributed by atoms with van der Waals surface area (Å²) in [7, 11) is 0. The normalized spacial score (nSPS) is 17.9. The summed E-state index contributed by atoms with van der Waals surface area (Å²) in [6, 6.07) is 8.32. The highest BCUT2D eigenvalue weighted by atomic mass is 35.5. The minimum atomic E-state index is -1.08. The van der Waals surface area contributed by atoms with E-state index >= 15 is 0 Å². The number of hydrogen-bond donors (Lipinski definition) is 1. The van der Waals surface area contributed by atoms with Crippen LogP contribution >= 0.6 is 11.6 Å². The number of rotatable bonds is 4. The highest BCUT2D eigenvalue weighted by molar-refractivity contribution is 6.30. The predicted octanol–water partition coefficient (Wildman–Crippen LogP) is 4.53. The smallest absolute Gasteiger partial charge is 0.338 e. The van der Waals surface area contributed by atoms with Crippen molar-refractivity contribution in [2.24, 2.45) is 0 Å². The van der Waals surface area contributed by atoms with Crippen molar-refractivity contribution in [1.29, 1.82) is 0 Å². The van der Waals surface area contributed by atoms with E-state index in [9.17, 15) is 14.0 Å². The lowest BCUT2D eigenvalue weighted by molar-refractivity contribution is 0.0505. The molecule has 0 atom stereocenters. The van der Waals surface area contributed by atoms with Gasteiger partial charge in [-0.2, -0.15) is 0 Å². The van der Waals surface area contributed by atoms with E-state index < -0.39 is 17.3 Å². The van der Waals surface area contributed by atoms with Crippen molar-refractivity contribution in [2.45, 2.75) is 38.6 Å². The number of aromatic carboxylic acids is 1. The molecular formula is C27H28ClFN6O3. The number of amides is 1. The second-order valence-corrected chi connectivity index (χ2v) is 11.3. The summed E-state index contributed by atoms with van der Waals surface area (Å²) in [4.78, 5) is 43.8. The average molecular weight is 539 g/mol. The lowest BCUT2D eigenvalue weighted by Gasteiger charge is -2.47. The van der Waals surface area contributed by atoms with E-state index in [1.165, 1.54) is 24.5 Å². The Bertz CT molecular complexity index is 1430. The first kappa shape index (κ1) is 25.8. The Labute approximate surface area is 224 Å². The Morgan fingerprint density at radius 2 is 1.74 bits per heavy atom. The lowest BCUT2D eigenvalue weighted by Crippen LogP contribution is -2.61. The van der Waals surface area contributed by atoms with Crippen molar-refractivity contribution >= 4 is 40.8 Å². The summed E-state index contributed by atoms with van der Waals surface area (Å²) in [5, 5.41) is 9.16. The van der Waals surface area contributed by atoms with Crippen LogP contribution in [0, 0.1) is 5.82 Å². The summed E-state index contributed by atoms with van der Waals surface area (Å²) in [5.41, 5.74) is 1.73. The van der Waals surface area contributed by atoms with Gasteiger partial charge in [-0.3, -0.25) is 4.79 Å². The van der Waals surface area contributed by atoms with Crippen LogP contribution in [-0.2, 0) is 5.41 Å². The molecule has 0 aliphatic carbocycles. The lowest BCUT2D eigenvalue weighted by atomic mass is 9.91. The van der Waals surface area contributed by atoms with Crippen LogP contribution in [0.25, 0.3) is 0 Å². The van der Waals surface area contributed by atoms with Crippen molar-refractivity contribution in [3.63, 3.8) is 0 Å². The Morgan fingerprint density at radius 3 is 2.37 bits per heavy atom. The number of carbonyl (C=O) groups excluding carboxylic acids is 1. The molecule has 1 aromatic carbocycles. The Hall–Kier alpha value is -3.79. The molecule has 2 aromatic heterocycles. The van der Waals surface area contributed by atoms with Gasteiger partial charge >= 0.3 is 5.97 Å². The minimum absolute atomic E-state index is 0.0206. The molecule has 2 aliphatic rings. The van der Waals surface area contributed by atoms with Crippen LogP contribution in [0.3, 0.4) is 0 Å². The maximum Gasteiger partial charge on any atom is 0.338 e. The molecule has 0 saturated carbocycles. The number of hydrogen-bond acceptors (Lipinski definition) is 7. The first-order chi connectivity index (χ1) is 17.9. The van der Waals surface area contributed by atoms with Gasteiger partial charge < -0.3 is 19.8 Å². The van der Waals surface area contributed by atoms with Gasteiger partial charge in [0.15, 0.2) is 0 Å². The molecule has 1 saturated heterocycles. The van der Waals surface area contributed by atoms with Crippen molar-refractivity contribution in [3.05, 3.63) is 70.5 Å². The summed E-state index contributed by atoms with van der Waals surface area (Å²) in [6.45, 7) is 10.0. The number of anilines is 3. The zero-order chi connectivity index (χ0) is 27.4. The molecule has 5 rings (SSSR count). The molecule has 198 valence electrons. The fourth-order valence-corrected chi connectivity index (χ4v) is 5.28. The van der Waals surface area contributed by atoms with Crippen molar-refractivity contribution in [2.75, 3.05) is 36.0 Å². The van der Waals surface area contributed by atoms with Crippen LogP contribution in [0.15, 0.2) is 42.7 Å². The SMILES string of the molecule is CC1(C)CN(c2ccc(Cl)c(F)c2)c2ccc(C(=O)N3CCN(c4ncc(C(=O)O)cn4)CC3(C)C)nc21. The maximum atomic E-state index is 14.2. The zero-order valence-electron chi connectivity index (χ0n) is 21.6. The third-order valence-electron chi connectivity index (χ3n) is 7.11. The van der Waals surface area contributed by atoms with Gasteiger partial charge in [0.05, 0.1) is 27.5 Å². The van der Waals surface area contributed by atoms with E-state index in [0.717, 1.165) is 11.4 Å². The highest BCUT2D eigenvalue weighted by Crippen LogP contribution is 2.44. The largest absolute Gasteiger partial charge is 0.478 e. The van der Waals surface area contributed by atoms with E-state index in [1.54, 1.807) is 17.0 Å². The van der Waals surface area contributed by atoms with Gasteiger partial charge in [0, 0.05) is 49.7 Å². The number of piperazine rings is 1. The van der Waals surface area contributed by atoms with Crippen molar-refractivity contribution in [3.8, 4) is 0 Å². The zero-order valence-corrected chi connectivity index (χ0v) is 22.3.